The van der Waals surface area contributed by atoms with Crippen LogP contribution in [0.25, 0.3) is 16.5 Å². The molecular formula is C27H28N4. The fourth-order valence-corrected chi connectivity index (χ4v) is 3.32. The number of nitrogens with zero attached hydrogens (tertiary/aromatic N) is 1. The summed E-state index contributed by atoms with van der Waals surface area (Å²) in [5, 5.41) is 4.35. The minimum atomic E-state index is 0.535. The Hall–Kier alpha value is -3.97. The number of terminal acetylenes is 1. The van der Waals surface area contributed by atoms with Crippen LogP contribution in [-0.4, -0.2) is 11.2 Å². The Labute approximate surface area is 184 Å². The third-order valence-corrected chi connectivity index (χ3v) is 5.01. The normalized spacial score (nSPS) is 11.9. The highest BCUT2D eigenvalue weighted by atomic mass is 14.9. The van der Waals surface area contributed by atoms with Crippen LogP contribution < -0.4 is 11.1 Å². The van der Waals surface area contributed by atoms with Crippen molar-refractivity contribution in [1.82, 2.24) is 4.98 Å². The molecule has 0 aliphatic rings. The maximum atomic E-state index is 6.16. The Morgan fingerprint density at radius 1 is 1.19 bits per heavy atom. The van der Waals surface area contributed by atoms with Gasteiger partial charge in [0.05, 0.1) is 6.54 Å². The van der Waals surface area contributed by atoms with E-state index in [0.717, 1.165) is 55.8 Å². The highest BCUT2D eigenvalue weighted by molar-refractivity contribution is 6.02. The van der Waals surface area contributed by atoms with Gasteiger partial charge in [0.1, 0.15) is 0 Å². The predicted octanol–water partition coefficient (Wildman–Crippen LogP) is 5.92. The molecule has 0 unspecified atom stereocenters. The number of rotatable bonds is 7. The fraction of sp³-hybridized carbons (Fsp3) is 0.148. The second-order valence-electron chi connectivity index (χ2n) is 7.73. The molecule has 0 spiro atoms. The van der Waals surface area contributed by atoms with Crippen LogP contribution in [0.2, 0.25) is 0 Å². The number of aromatic nitrogens is 1. The highest BCUT2D eigenvalue weighted by Gasteiger charge is 2.10. The van der Waals surface area contributed by atoms with Crippen LogP contribution in [0, 0.1) is 19.3 Å². The zero-order valence-electron chi connectivity index (χ0n) is 18.3. The second kappa shape index (κ2) is 9.23. The summed E-state index contributed by atoms with van der Waals surface area (Å²) < 4.78 is 0. The first-order chi connectivity index (χ1) is 14.8. The van der Waals surface area contributed by atoms with Gasteiger partial charge >= 0.3 is 0 Å². The van der Waals surface area contributed by atoms with Crippen LogP contribution in [0.5, 0.6) is 0 Å². The maximum absolute atomic E-state index is 6.16. The largest absolute Gasteiger partial charge is 0.402 e. The Morgan fingerprint density at radius 3 is 2.65 bits per heavy atom. The quantitative estimate of drug-likeness (QED) is 0.258. The van der Waals surface area contributed by atoms with E-state index < -0.39 is 0 Å². The molecule has 0 aliphatic carbocycles. The maximum Gasteiger partial charge on any atom is 0.0640 e. The van der Waals surface area contributed by atoms with Crippen molar-refractivity contribution in [1.29, 1.82) is 0 Å². The fourth-order valence-electron chi connectivity index (χ4n) is 3.32. The van der Waals surface area contributed by atoms with E-state index >= 15 is 0 Å². The van der Waals surface area contributed by atoms with E-state index in [2.05, 4.69) is 59.5 Å². The minimum Gasteiger partial charge on any atom is -0.402 e. The van der Waals surface area contributed by atoms with Gasteiger partial charge in [0.2, 0.25) is 0 Å². The number of aryl methyl sites for hydroxylation is 1. The summed E-state index contributed by atoms with van der Waals surface area (Å²) >= 11 is 0. The summed E-state index contributed by atoms with van der Waals surface area (Å²) in [7, 11) is 0. The molecule has 3 aromatic rings. The molecule has 0 saturated heterocycles. The van der Waals surface area contributed by atoms with Gasteiger partial charge in [-0.05, 0) is 56.2 Å². The van der Waals surface area contributed by atoms with Crippen molar-refractivity contribution >= 4 is 28.4 Å². The van der Waals surface area contributed by atoms with Crippen molar-refractivity contribution in [2.45, 2.75) is 27.3 Å². The number of anilines is 1. The van der Waals surface area contributed by atoms with Gasteiger partial charge in [-0.15, -0.1) is 6.42 Å². The van der Waals surface area contributed by atoms with Crippen molar-refractivity contribution in [2.24, 2.45) is 10.7 Å². The third kappa shape index (κ3) is 5.15. The number of aliphatic imine (C=N–C) groups is 1. The molecule has 0 atom stereocenters. The minimum absolute atomic E-state index is 0.535. The number of nitrogens with two attached hydrogens (primary N) is 1. The van der Waals surface area contributed by atoms with Gasteiger partial charge in [0, 0.05) is 56.6 Å². The van der Waals surface area contributed by atoms with Crippen molar-refractivity contribution in [3.05, 3.63) is 95.0 Å². The second-order valence-corrected chi connectivity index (χ2v) is 7.73. The summed E-state index contributed by atoms with van der Waals surface area (Å²) in [4.78, 5) is 8.01. The lowest BCUT2D eigenvalue weighted by Gasteiger charge is -2.11. The molecule has 0 radical (unpaired) electrons. The molecule has 4 N–H and O–H groups in total. The van der Waals surface area contributed by atoms with Crippen LogP contribution in [0.15, 0.2) is 77.6 Å². The molecule has 4 nitrogen and oxygen atoms in total. The van der Waals surface area contributed by atoms with Gasteiger partial charge in [-0.1, -0.05) is 37.3 Å². The molecule has 4 heteroatoms. The number of nitrogens with one attached hydrogen (secondary N) is 2. The lowest BCUT2D eigenvalue weighted by atomic mass is 10.0. The Kier molecular flexibility index (Phi) is 6.47. The molecule has 1 heterocycles. The summed E-state index contributed by atoms with van der Waals surface area (Å²) in [6.07, 6.45) is 7.30. The van der Waals surface area contributed by atoms with Gasteiger partial charge in [-0.25, -0.2) is 0 Å². The average Bonchev–Trinajstić information content (AvgIpc) is 3.15. The number of hydrogen-bond donors (Lipinski definition) is 3. The first-order valence-electron chi connectivity index (χ1n) is 10.1. The predicted molar refractivity (Wildman–Crippen MR) is 134 cm³/mol. The number of aromatic amines is 1. The van der Waals surface area contributed by atoms with Gasteiger partial charge in [-0.2, -0.15) is 0 Å². The zero-order chi connectivity index (χ0) is 22.5. The first-order valence-corrected chi connectivity index (χ1v) is 10.1. The molecule has 2 aromatic carbocycles. The van der Waals surface area contributed by atoms with E-state index in [9.17, 15) is 0 Å². The zero-order valence-corrected chi connectivity index (χ0v) is 18.3. The third-order valence-electron chi connectivity index (χ3n) is 5.01. The Morgan fingerprint density at radius 2 is 1.97 bits per heavy atom. The van der Waals surface area contributed by atoms with E-state index in [-0.39, 0.29) is 0 Å². The summed E-state index contributed by atoms with van der Waals surface area (Å²) in [5.41, 5.74) is 15.3. The molecule has 3 rings (SSSR count). The SMILES string of the molecule is C#Cc1ccc2cc(C(=C)C(/C=N\Cc3ccc(C)c(NC(=C)C)c3)=C(/C)N)[nH]c2c1. The summed E-state index contributed by atoms with van der Waals surface area (Å²) in [6.45, 7) is 14.6. The van der Waals surface area contributed by atoms with E-state index in [1.54, 1.807) is 6.21 Å². The van der Waals surface area contributed by atoms with E-state index in [0.29, 0.717) is 12.2 Å². The van der Waals surface area contributed by atoms with Gasteiger partial charge in [-0.3, -0.25) is 4.99 Å². The molecule has 0 bridgehead atoms. The molecule has 0 amide bonds. The molecule has 156 valence electrons. The van der Waals surface area contributed by atoms with E-state index in [1.807, 2.05) is 38.1 Å². The van der Waals surface area contributed by atoms with Gasteiger partial charge < -0.3 is 16.0 Å². The first kappa shape index (κ1) is 21.7. The van der Waals surface area contributed by atoms with Crippen molar-refractivity contribution in [3.63, 3.8) is 0 Å². The van der Waals surface area contributed by atoms with Crippen molar-refractivity contribution in [2.75, 3.05) is 5.32 Å². The molecule has 31 heavy (non-hydrogen) atoms. The molecular weight excluding hydrogens is 380 g/mol. The number of benzene rings is 2. The van der Waals surface area contributed by atoms with Crippen LogP contribution in [-0.2, 0) is 6.54 Å². The smallest absolute Gasteiger partial charge is 0.0640 e. The topological polar surface area (TPSA) is 66.2 Å². The van der Waals surface area contributed by atoms with Crippen molar-refractivity contribution < 1.29 is 0 Å². The van der Waals surface area contributed by atoms with Gasteiger partial charge in [0.25, 0.3) is 0 Å². The summed E-state index contributed by atoms with van der Waals surface area (Å²) in [6, 6.07) is 14.2. The molecule has 0 aliphatic heterocycles. The van der Waals surface area contributed by atoms with E-state index in [1.165, 1.54) is 0 Å². The molecule has 0 saturated carbocycles. The van der Waals surface area contributed by atoms with Crippen LogP contribution in [0.4, 0.5) is 5.69 Å². The lowest BCUT2D eigenvalue weighted by Crippen LogP contribution is -2.02. The lowest BCUT2D eigenvalue weighted by molar-refractivity contribution is 1.07. The van der Waals surface area contributed by atoms with E-state index in [4.69, 9.17) is 12.2 Å². The Balaban J connectivity index is 1.81. The Bertz CT molecular complexity index is 1260. The number of fused-ring (bicyclic) bond motifs is 1. The number of H-pyrrole nitrogens is 1. The standard InChI is InChI=1S/C27H28N4/c1-7-21-10-11-23-14-26(31-27(23)12-21)19(5)24(20(6)28)16-29-15-22-9-8-18(4)25(13-22)30-17(2)3/h1,8-14,16,30-31H,2,5,15,28H2,3-4,6H3/b24-20-,29-16-. The van der Waals surface area contributed by atoms with Crippen LogP contribution >= 0.6 is 0 Å². The molecule has 1 aromatic heterocycles. The number of hydrogen-bond acceptors (Lipinski definition) is 3. The van der Waals surface area contributed by atoms with Gasteiger partial charge in [0.15, 0.2) is 0 Å². The molecule has 0 fully saturated rings. The summed E-state index contributed by atoms with van der Waals surface area (Å²) in [5.74, 6) is 2.66. The van der Waals surface area contributed by atoms with Crippen LogP contribution in [0.3, 0.4) is 0 Å². The highest BCUT2D eigenvalue weighted by Crippen LogP contribution is 2.26. The van der Waals surface area contributed by atoms with Crippen LogP contribution in [0.1, 0.15) is 36.2 Å². The average molecular weight is 409 g/mol. The monoisotopic (exact) mass is 408 g/mol. The van der Waals surface area contributed by atoms with Crippen molar-refractivity contribution in [3.8, 4) is 12.3 Å². The number of allylic oxidation sites excluding steroid dienone is 4.